The molecule has 2 N–H and O–H groups in total. The van der Waals surface area contributed by atoms with Gasteiger partial charge in [0.1, 0.15) is 5.82 Å². The molecular weight excluding hydrogens is 387 g/mol. The second-order valence-corrected chi connectivity index (χ2v) is 7.34. The van der Waals surface area contributed by atoms with Crippen molar-refractivity contribution in [1.29, 1.82) is 0 Å². The Bertz CT molecular complexity index is 955. The summed E-state index contributed by atoms with van der Waals surface area (Å²) in [6.07, 6.45) is 0.0124. The maximum absolute atomic E-state index is 13.2. The highest BCUT2D eigenvalue weighted by Crippen LogP contribution is 2.30. The fourth-order valence-corrected chi connectivity index (χ4v) is 3.63. The van der Waals surface area contributed by atoms with Gasteiger partial charge in [-0.3, -0.25) is 9.59 Å². The van der Waals surface area contributed by atoms with E-state index >= 15 is 0 Å². The van der Waals surface area contributed by atoms with Crippen LogP contribution in [-0.2, 0) is 4.79 Å². The van der Waals surface area contributed by atoms with Crippen LogP contribution >= 0.6 is 22.9 Å². The highest BCUT2D eigenvalue weighted by molar-refractivity contribution is 7.17. The molecule has 27 heavy (non-hydrogen) atoms. The fraction of sp³-hybridized carbons (Fsp3) is 0.100. The number of nitrogens with zero attached hydrogens (tertiary/aromatic N) is 1. The van der Waals surface area contributed by atoms with E-state index in [0.29, 0.717) is 15.6 Å². The van der Waals surface area contributed by atoms with E-state index in [0.717, 1.165) is 10.4 Å². The second-order valence-electron chi connectivity index (χ2n) is 5.82. The van der Waals surface area contributed by atoms with Gasteiger partial charge in [-0.15, -0.1) is 11.3 Å². The smallest absolute Gasteiger partial charge is 0.268 e. The maximum Gasteiger partial charge on any atom is 0.268 e. The summed E-state index contributed by atoms with van der Waals surface area (Å²) in [5.74, 6) is -1.18. The van der Waals surface area contributed by atoms with Crippen molar-refractivity contribution in [3.8, 4) is 10.4 Å². The zero-order valence-corrected chi connectivity index (χ0v) is 15.8. The Morgan fingerprint density at radius 1 is 1.00 bits per heavy atom. The molecule has 0 unspecified atom stereocenters. The standard InChI is InChI=1S/C20H16ClFN2O2S/c21-14-3-1-13(2-4-14)17-9-10-18(27-17)20(26)24(12-11-19(23)25)16-7-5-15(22)6-8-16/h1-10H,11-12H2,(H2,23,25). The van der Waals surface area contributed by atoms with Gasteiger partial charge < -0.3 is 10.6 Å². The Labute approximate surface area is 165 Å². The first-order valence-corrected chi connectivity index (χ1v) is 9.35. The van der Waals surface area contributed by atoms with Crippen LogP contribution in [0.1, 0.15) is 16.1 Å². The van der Waals surface area contributed by atoms with Gasteiger partial charge in [-0.2, -0.15) is 0 Å². The molecule has 138 valence electrons. The van der Waals surface area contributed by atoms with Gasteiger partial charge in [0, 0.05) is 28.6 Å². The zero-order valence-electron chi connectivity index (χ0n) is 14.2. The van der Waals surface area contributed by atoms with Crippen LogP contribution in [0.25, 0.3) is 10.4 Å². The van der Waals surface area contributed by atoms with Crippen molar-refractivity contribution >= 4 is 40.4 Å². The SMILES string of the molecule is NC(=O)CCN(C(=O)c1ccc(-c2ccc(Cl)cc2)s1)c1ccc(F)cc1. The number of anilines is 1. The molecule has 0 spiro atoms. The molecule has 0 radical (unpaired) electrons. The van der Waals surface area contributed by atoms with Crippen LogP contribution in [0.2, 0.25) is 5.02 Å². The summed E-state index contributed by atoms with van der Waals surface area (Å²) < 4.78 is 13.2. The molecule has 0 saturated heterocycles. The van der Waals surface area contributed by atoms with Gasteiger partial charge >= 0.3 is 0 Å². The lowest BCUT2D eigenvalue weighted by Crippen LogP contribution is -2.33. The van der Waals surface area contributed by atoms with E-state index in [2.05, 4.69) is 0 Å². The Morgan fingerprint density at radius 2 is 1.67 bits per heavy atom. The van der Waals surface area contributed by atoms with Crippen LogP contribution in [0.3, 0.4) is 0 Å². The van der Waals surface area contributed by atoms with Crippen LogP contribution in [0.4, 0.5) is 10.1 Å². The first kappa shape index (κ1) is 19.1. The Kier molecular flexibility index (Phi) is 5.88. The summed E-state index contributed by atoms with van der Waals surface area (Å²) in [6.45, 7) is 0.119. The lowest BCUT2D eigenvalue weighted by molar-refractivity contribution is -0.117. The van der Waals surface area contributed by atoms with Crippen LogP contribution in [0.15, 0.2) is 60.7 Å². The van der Waals surface area contributed by atoms with Crippen molar-refractivity contribution in [2.75, 3.05) is 11.4 Å². The molecule has 4 nitrogen and oxygen atoms in total. The van der Waals surface area contributed by atoms with Crippen LogP contribution in [0, 0.1) is 5.82 Å². The topological polar surface area (TPSA) is 63.4 Å². The highest BCUT2D eigenvalue weighted by atomic mass is 35.5. The lowest BCUT2D eigenvalue weighted by atomic mass is 10.2. The lowest BCUT2D eigenvalue weighted by Gasteiger charge is -2.21. The number of halogens is 2. The summed E-state index contributed by atoms with van der Waals surface area (Å²) in [5, 5.41) is 0.639. The van der Waals surface area contributed by atoms with Crippen molar-refractivity contribution in [3.05, 3.63) is 76.4 Å². The third-order valence-electron chi connectivity index (χ3n) is 3.91. The fourth-order valence-electron chi connectivity index (χ4n) is 2.55. The van der Waals surface area contributed by atoms with E-state index in [1.54, 1.807) is 18.2 Å². The van der Waals surface area contributed by atoms with Crippen LogP contribution in [0.5, 0.6) is 0 Å². The Morgan fingerprint density at radius 3 is 2.30 bits per heavy atom. The summed E-state index contributed by atoms with van der Waals surface area (Å²) in [4.78, 5) is 27.1. The number of primary amides is 1. The van der Waals surface area contributed by atoms with Gasteiger partial charge in [0.15, 0.2) is 0 Å². The van der Waals surface area contributed by atoms with Crippen molar-refractivity contribution in [2.45, 2.75) is 6.42 Å². The number of hydrogen-bond acceptors (Lipinski definition) is 3. The summed E-state index contributed by atoms with van der Waals surface area (Å²) in [6, 6.07) is 16.5. The highest BCUT2D eigenvalue weighted by Gasteiger charge is 2.20. The number of nitrogens with two attached hydrogens (primary N) is 1. The van der Waals surface area contributed by atoms with E-state index in [-0.39, 0.29) is 18.9 Å². The van der Waals surface area contributed by atoms with Crippen molar-refractivity contribution in [1.82, 2.24) is 0 Å². The molecule has 1 aromatic heterocycles. The average molecular weight is 403 g/mol. The minimum Gasteiger partial charge on any atom is -0.370 e. The van der Waals surface area contributed by atoms with E-state index in [1.807, 2.05) is 18.2 Å². The van der Waals surface area contributed by atoms with Gasteiger partial charge in [0.25, 0.3) is 5.91 Å². The number of rotatable bonds is 6. The molecule has 0 aliphatic carbocycles. The van der Waals surface area contributed by atoms with E-state index in [4.69, 9.17) is 17.3 Å². The summed E-state index contributed by atoms with van der Waals surface area (Å²) >= 11 is 7.25. The van der Waals surface area contributed by atoms with E-state index in [1.165, 1.54) is 40.5 Å². The van der Waals surface area contributed by atoms with Gasteiger partial charge in [0.2, 0.25) is 5.91 Å². The number of carbonyl (C=O) groups excluding carboxylic acids is 2. The third kappa shape index (κ3) is 4.72. The largest absolute Gasteiger partial charge is 0.370 e. The molecule has 3 rings (SSSR count). The van der Waals surface area contributed by atoms with Crippen LogP contribution < -0.4 is 10.6 Å². The second kappa shape index (κ2) is 8.33. The molecule has 2 aromatic carbocycles. The molecule has 0 bridgehead atoms. The molecule has 0 saturated carbocycles. The Hall–Kier alpha value is -2.70. The van der Waals surface area contributed by atoms with Crippen molar-refractivity contribution in [2.24, 2.45) is 5.73 Å². The normalized spacial score (nSPS) is 10.6. The first-order chi connectivity index (χ1) is 12.9. The number of amides is 2. The minimum atomic E-state index is -0.511. The number of hydrogen-bond donors (Lipinski definition) is 1. The van der Waals surface area contributed by atoms with Gasteiger partial charge in [-0.25, -0.2) is 4.39 Å². The van der Waals surface area contributed by atoms with Gasteiger partial charge in [-0.05, 0) is 54.1 Å². The predicted molar refractivity (Wildman–Crippen MR) is 107 cm³/mol. The molecule has 0 atom stereocenters. The molecule has 0 aliphatic heterocycles. The number of thiophene rings is 1. The third-order valence-corrected chi connectivity index (χ3v) is 5.29. The predicted octanol–water partition coefficient (Wildman–Crippen LogP) is 4.73. The molecule has 1 heterocycles. The number of benzene rings is 2. The average Bonchev–Trinajstić information content (AvgIpc) is 3.13. The number of carbonyl (C=O) groups is 2. The molecule has 0 fully saturated rings. The molecule has 0 aliphatic rings. The van der Waals surface area contributed by atoms with Crippen molar-refractivity contribution in [3.63, 3.8) is 0 Å². The molecular formula is C20H16ClFN2O2S. The zero-order chi connectivity index (χ0) is 19.4. The van der Waals surface area contributed by atoms with Crippen LogP contribution in [-0.4, -0.2) is 18.4 Å². The Balaban J connectivity index is 1.88. The van der Waals surface area contributed by atoms with Gasteiger partial charge in [-0.1, -0.05) is 23.7 Å². The first-order valence-electron chi connectivity index (χ1n) is 8.15. The van der Waals surface area contributed by atoms with E-state index in [9.17, 15) is 14.0 Å². The summed E-state index contributed by atoms with van der Waals surface area (Å²) in [5.41, 5.74) is 6.69. The maximum atomic E-state index is 13.2. The monoisotopic (exact) mass is 402 g/mol. The van der Waals surface area contributed by atoms with Crippen molar-refractivity contribution < 1.29 is 14.0 Å². The minimum absolute atomic E-state index is 0.0124. The molecule has 3 aromatic rings. The van der Waals surface area contributed by atoms with E-state index < -0.39 is 11.7 Å². The molecule has 2 amide bonds. The van der Waals surface area contributed by atoms with Gasteiger partial charge in [0.05, 0.1) is 4.88 Å². The summed E-state index contributed by atoms with van der Waals surface area (Å²) in [7, 11) is 0. The molecule has 7 heteroatoms. The quantitative estimate of drug-likeness (QED) is 0.647.